The molecule has 5 heteroatoms. The number of aryl methyl sites for hydroxylation is 2. The van der Waals surface area contributed by atoms with E-state index in [1.807, 2.05) is 60.8 Å². The predicted molar refractivity (Wildman–Crippen MR) is 95.5 cm³/mol. The van der Waals surface area contributed by atoms with Gasteiger partial charge >= 0.3 is 5.97 Å². The average molecular weight is 336 g/mol. The van der Waals surface area contributed by atoms with Gasteiger partial charge in [0, 0.05) is 18.2 Å². The van der Waals surface area contributed by atoms with Crippen molar-refractivity contribution < 1.29 is 14.3 Å². The number of hydrogen-bond acceptors (Lipinski definition) is 4. The van der Waals surface area contributed by atoms with Crippen LogP contribution in [0.15, 0.2) is 42.6 Å². The number of ether oxygens (including phenoxy) is 1. The van der Waals surface area contributed by atoms with E-state index >= 15 is 0 Å². The van der Waals surface area contributed by atoms with Crippen LogP contribution in [0.2, 0.25) is 0 Å². The van der Waals surface area contributed by atoms with Crippen molar-refractivity contribution >= 4 is 17.9 Å². The number of methoxy groups -OCH3 is 1. The highest BCUT2D eigenvalue weighted by Gasteiger charge is 2.29. The van der Waals surface area contributed by atoms with Crippen LogP contribution in [-0.4, -0.2) is 28.7 Å². The predicted octanol–water partition coefficient (Wildman–Crippen LogP) is 3.46. The molecule has 2 heterocycles. The smallest absolute Gasteiger partial charge is 0.315 e. The summed E-state index contributed by atoms with van der Waals surface area (Å²) in [6, 6.07) is 11.8. The molecule has 0 radical (unpaired) electrons. The van der Waals surface area contributed by atoms with E-state index in [4.69, 9.17) is 9.72 Å². The molecule has 1 aromatic carbocycles. The van der Waals surface area contributed by atoms with Gasteiger partial charge in [-0.15, -0.1) is 0 Å². The third-order valence-electron chi connectivity index (χ3n) is 4.28. The van der Waals surface area contributed by atoms with Gasteiger partial charge < -0.3 is 13.9 Å². The van der Waals surface area contributed by atoms with Crippen molar-refractivity contribution in [1.29, 1.82) is 0 Å². The lowest BCUT2D eigenvalue weighted by Gasteiger charge is -2.14. The minimum atomic E-state index is -0.699. The van der Waals surface area contributed by atoms with Crippen LogP contribution in [0.25, 0.3) is 16.9 Å². The van der Waals surface area contributed by atoms with E-state index in [1.165, 1.54) is 7.11 Å². The zero-order chi connectivity index (χ0) is 18.0. The second-order valence-corrected chi connectivity index (χ2v) is 6.12. The number of aldehydes is 1. The Balaban J connectivity index is 2.30. The second-order valence-electron chi connectivity index (χ2n) is 6.12. The number of nitrogens with zero attached hydrogens (tertiary/aromatic N) is 2. The molecule has 0 aliphatic heterocycles. The Morgan fingerprint density at radius 2 is 1.84 bits per heavy atom. The number of esters is 1. The first-order valence-corrected chi connectivity index (χ1v) is 8.12. The summed E-state index contributed by atoms with van der Waals surface area (Å²) in [5.41, 5.74) is 5.20. The van der Waals surface area contributed by atoms with Gasteiger partial charge in [0.15, 0.2) is 0 Å². The summed E-state index contributed by atoms with van der Waals surface area (Å²) in [6.45, 7) is 3.99. The minimum absolute atomic E-state index is 0.0489. The van der Waals surface area contributed by atoms with Crippen molar-refractivity contribution in [2.24, 2.45) is 0 Å². The number of carbonyl (C=O) groups is 2. The fourth-order valence-corrected chi connectivity index (χ4v) is 2.98. The zero-order valence-corrected chi connectivity index (χ0v) is 14.5. The number of imidazole rings is 1. The molecule has 25 heavy (non-hydrogen) atoms. The molecule has 0 aliphatic carbocycles. The van der Waals surface area contributed by atoms with Crippen molar-refractivity contribution in [3.63, 3.8) is 0 Å². The maximum Gasteiger partial charge on any atom is 0.315 e. The minimum Gasteiger partial charge on any atom is -0.468 e. The highest BCUT2D eigenvalue weighted by atomic mass is 16.5. The van der Waals surface area contributed by atoms with Gasteiger partial charge in [-0.3, -0.25) is 4.79 Å². The van der Waals surface area contributed by atoms with Gasteiger partial charge in [0.2, 0.25) is 0 Å². The van der Waals surface area contributed by atoms with Crippen LogP contribution in [0.1, 0.15) is 29.2 Å². The van der Waals surface area contributed by atoms with Crippen LogP contribution in [-0.2, 0) is 14.3 Å². The van der Waals surface area contributed by atoms with Crippen LogP contribution in [0, 0.1) is 13.8 Å². The number of carbonyl (C=O) groups excluding carboxylic acids is 2. The second kappa shape index (κ2) is 6.89. The molecule has 0 saturated carbocycles. The molecule has 2 aromatic heterocycles. The van der Waals surface area contributed by atoms with Crippen molar-refractivity contribution in [3.05, 3.63) is 59.4 Å². The zero-order valence-electron chi connectivity index (χ0n) is 14.5. The number of hydrogen-bond donors (Lipinski definition) is 0. The number of pyridine rings is 1. The Labute approximate surface area is 146 Å². The molecule has 0 spiro atoms. The molecule has 1 atom stereocenters. The fourth-order valence-electron chi connectivity index (χ4n) is 2.98. The van der Waals surface area contributed by atoms with Crippen LogP contribution in [0.4, 0.5) is 0 Å². The van der Waals surface area contributed by atoms with E-state index in [0.29, 0.717) is 11.4 Å². The summed E-state index contributed by atoms with van der Waals surface area (Å²) in [4.78, 5) is 28.2. The number of rotatable bonds is 5. The van der Waals surface area contributed by atoms with Crippen molar-refractivity contribution in [2.45, 2.75) is 26.2 Å². The first-order valence-electron chi connectivity index (χ1n) is 8.12. The summed E-state index contributed by atoms with van der Waals surface area (Å²) >= 11 is 0. The molecule has 0 fully saturated rings. The van der Waals surface area contributed by atoms with E-state index in [0.717, 1.165) is 28.6 Å². The highest BCUT2D eigenvalue weighted by Crippen LogP contribution is 2.32. The van der Waals surface area contributed by atoms with Crippen LogP contribution >= 0.6 is 0 Å². The van der Waals surface area contributed by atoms with Gasteiger partial charge in [-0.1, -0.05) is 35.9 Å². The van der Waals surface area contributed by atoms with Crippen LogP contribution in [0.3, 0.4) is 0 Å². The molecule has 0 aliphatic rings. The van der Waals surface area contributed by atoms with E-state index < -0.39 is 11.9 Å². The molecule has 128 valence electrons. The SMILES string of the molecule is COC(=O)C(CC=O)c1c(-c2ccc(C)cc2)nc2ccc(C)cn12. The Hall–Kier alpha value is -2.95. The molecule has 0 amide bonds. The molecule has 0 N–H and O–H groups in total. The van der Waals surface area contributed by atoms with Gasteiger partial charge in [-0.05, 0) is 25.5 Å². The standard InChI is InChI=1S/C20H20N2O3/c1-13-4-7-15(8-5-13)18-19(16(10-11-23)20(24)25-3)22-12-14(2)6-9-17(22)21-18/h4-9,11-12,16H,10H2,1-3H3. The Kier molecular flexibility index (Phi) is 4.65. The van der Waals surface area contributed by atoms with Crippen LogP contribution < -0.4 is 0 Å². The average Bonchev–Trinajstić information content (AvgIpc) is 2.98. The molecular formula is C20H20N2O3. The third-order valence-corrected chi connectivity index (χ3v) is 4.28. The summed E-state index contributed by atoms with van der Waals surface area (Å²) in [6.07, 6.45) is 2.72. The largest absolute Gasteiger partial charge is 0.468 e. The number of benzene rings is 1. The lowest BCUT2D eigenvalue weighted by molar-refractivity contribution is -0.143. The van der Waals surface area contributed by atoms with Gasteiger partial charge in [0.05, 0.1) is 18.5 Å². The summed E-state index contributed by atoms with van der Waals surface area (Å²) < 4.78 is 6.82. The lowest BCUT2D eigenvalue weighted by atomic mass is 9.97. The monoisotopic (exact) mass is 336 g/mol. The molecule has 3 aromatic rings. The first-order chi connectivity index (χ1) is 12.0. The van der Waals surface area contributed by atoms with Crippen molar-refractivity contribution in [1.82, 2.24) is 9.38 Å². The highest BCUT2D eigenvalue weighted by molar-refractivity contribution is 5.84. The number of fused-ring (bicyclic) bond motifs is 1. The van der Waals surface area contributed by atoms with E-state index in [-0.39, 0.29) is 6.42 Å². The number of aromatic nitrogens is 2. The van der Waals surface area contributed by atoms with Gasteiger partial charge in [-0.2, -0.15) is 0 Å². The maximum atomic E-state index is 12.3. The quantitative estimate of drug-likeness (QED) is 0.529. The summed E-state index contributed by atoms with van der Waals surface area (Å²) in [7, 11) is 1.33. The molecule has 0 bridgehead atoms. The molecule has 0 saturated heterocycles. The summed E-state index contributed by atoms with van der Waals surface area (Å²) in [5.74, 6) is -1.14. The van der Waals surface area contributed by atoms with Crippen molar-refractivity contribution in [2.75, 3.05) is 7.11 Å². The fraction of sp³-hybridized carbons (Fsp3) is 0.250. The topological polar surface area (TPSA) is 60.7 Å². The van der Waals surface area contributed by atoms with Gasteiger partial charge in [0.1, 0.15) is 17.9 Å². The molecule has 3 rings (SSSR count). The van der Waals surface area contributed by atoms with E-state index in [9.17, 15) is 9.59 Å². The maximum absolute atomic E-state index is 12.3. The normalized spacial score (nSPS) is 12.1. The van der Waals surface area contributed by atoms with E-state index in [2.05, 4.69) is 0 Å². The molecular weight excluding hydrogens is 316 g/mol. The third kappa shape index (κ3) is 3.18. The Bertz CT molecular complexity index is 926. The Morgan fingerprint density at radius 3 is 2.48 bits per heavy atom. The van der Waals surface area contributed by atoms with Crippen molar-refractivity contribution in [3.8, 4) is 11.3 Å². The van der Waals surface area contributed by atoms with Crippen LogP contribution in [0.5, 0.6) is 0 Å². The Morgan fingerprint density at radius 1 is 1.16 bits per heavy atom. The molecule has 1 unspecified atom stereocenters. The van der Waals surface area contributed by atoms with Gasteiger partial charge in [0.25, 0.3) is 0 Å². The molecule has 5 nitrogen and oxygen atoms in total. The lowest BCUT2D eigenvalue weighted by Crippen LogP contribution is -2.17. The van der Waals surface area contributed by atoms with Gasteiger partial charge in [-0.25, -0.2) is 4.98 Å². The van der Waals surface area contributed by atoms with E-state index in [1.54, 1.807) is 0 Å². The summed E-state index contributed by atoms with van der Waals surface area (Å²) in [5, 5.41) is 0. The first kappa shape index (κ1) is 16.9.